The number of amides is 1. The molecule has 1 aliphatic heterocycles. The molecule has 4 rings (SSSR count). The largest absolute Gasteiger partial charge is 0.507 e. The second-order valence-electron chi connectivity index (χ2n) is 7.46. The highest BCUT2D eigenvalue weighted by atomic mass is 16.5. The Morgan fingerprint density at radius 3 is 2.22 bits per heavy atom. The summed E-state index contributed by atoms with van der Waals surface area (Å²) in [4.78, 5) is 27.8. The van der Waals surface area contributed by atoms with Gasteiger partial charge in [-0.25, -0.2) is 0 Å². The molecule has 0 spiro atoms. The van der Waals surface area contributed by atoms with Crippen LogP contribution in [0.1, 0.15) is 22.7 Å². The molecule has 1 unspecified atom stereocenters. The van der Waals surface area contributed by atoms with Crippen LogP contribution in [0.4, 0.5) is 5.69 Å². The summed E-state index contributed by atoms with van der Waals surface area (Å²) in [6, 6.07) is 20.4. The van der Waals surface area contributed by atoms with Gasteiger partial charge in [-0.15, -0.1) is 0 Å². The van der Waals surface area contributed by atoms with Crippen molar-refractivity contribution in [3.8, 4) is 11.5 Å². The lowest BCUT2D eigenvalue weighted by molar-refractivity contribution is -0.132. The number of rotatable bonds is 5. The third-order valence-electron chi connectivity index (χ3n) is 5.62. The van der Waals surface area contributed by atoms with Crippen molar-refractivity contribution in [2.75, 3.05) is 19.1 Å². The van der Waals surface area contributed by atoms with Crippen LogP contribution in [0.3, 0.4) is 0 Å². The molecule has 0 saturated carbocycles. The molecule has 32 heavy (non-hydrogen) atoms. The summed E-state index contributed by atoms with van der Waals surface area (Å²) in [6.45, 7) is 1.91. The minimum atomic E-state index is -0.782. The van der Waals surface area contributed by atoms with Gasteiger partial charge in [-0.05, 0) is 54.4 Å². The molecular formula is C26H23NO5. The normalized spacial score (nSPS) is 17.5. The van der Waals surface area contributed by atoms with Gasteiger partial charge < -0.3 is 14.6 Å². The molecule has 1 atom stereocenters. The predicted molar refractivity (Wildman–Crippen MR) is 122 cm³/mol. The molecule has 1 fully saturated rings. The van der Waals surface area contributed by atoms with Crippen LogP contribution in [0.2, 0.25) is 0 Å². The first-order chi connectivity index (χ1) is 15.5. The van der Waals surface area contributed by atoms with Crippen molar-refractivity contribution < 1.29 is 24.2 Å². The maximum absolute atomic E-state index is 13.2. The minimum Gasteiger partial charge on any atom is -0.507 e. The Labute approximate surface area is 186 Å². The number of ether oxygens (including phenoxy) is 2. The average molecular weight is 429 g/mol. The first kappa shape index (κ1) is 21.2. The standard InChI is InChI=1S/C26H23NO5/c1-16-7-4-5-10-21(16)23-22(24(28)17-8-6-9-20(15-17)32-3)25(29)26(30)27(23)18-11-13-19(31-2)14-12-18/h4-15,23,28H,1-3H3/b24-22+. The van der Waals surface area contributed by atoms with Gasteiger partial charge in [0.25, 0.3) is 11.7 Å². The van der Waals surface area contributed by atoms with Gasteiger partial charge in [0.2, 0.25) is 0 Å². The molecule has 3 aromatic rings. The van der Waals surface area contributed by atoms with Crippen molar-refractivity contribution in [3.05, 3.63) is 95.1 Å². The lowest BCUT2D eigenvalue weighted by atomic mass is 9.92. The Bertz CT molecular complexity index is 1210. The van der Waals surface area contributed by atoms with Crippen molar-refractivity contribution in [3.63, 3.8) is 0 Å². The van der Waals surface area contributed by atoms with Gasteiger partial charge in [0.1, 0.15) is 17.3 Å². The fourth-order valence-electron chi connectivity index (χ4n) is 3.96. The molecule has 0 aliphatic carbocycles. The van der Waals surface area contributed by atoms with Gasteiger partial charge in [-0.1, -0.05) is 36.4 Å². The summed E-state index contributed by atoms with van der Waals surface area (Å²) in [5.41, 5.74) is 2.62. The monoisotopic (exact) mass is 429 g/mol. The van der Waals surface area contributed by atoms with E-state index in [1.54, 1.807) is 55.6 Å². The highest BCUT2D eigenvalue weighted by molar-refractivity contribution is 6.51. The lowest BCUT2D eigenvalue weighted by Gasteiger charge is -2.26. The third-order valence-corrected chi connectivity index (χ3v) is 5.62. The Morgan fingerprint density at radius 1 is 0.875 bits per heavy atom. The van der Waals surface area contributed by atoms with Crippen molar-refractivity contribution in [1.82, 2.24) is 0 Å². The number of carbonyl (C=O) groups excluding carboxylic acids is 2. The Hall–Kier alpha value is -4.06. The van der Waals surface area contributed by atoms with E-state index in [4.69, 9.17) is 9.47 Å². The second-order valence-corrected chi connectivity index (χ2v) is 7.46. The molecule has 0 radical (unpaired) electrons. The Morgan fingerprint density at radius 2 is 1.56 bits per heavy atom. The predicted octanol–water partition coefficient (Wildman–Crippen LogP) is 4.64. The quantitative estimate of drug-likeness (QED) is 0.363. The number of aliphatic hydroxyl groups is 1. The summed E-state index contributed by atoms with van der Waals surface area (Å²) in [5, 5.41) is 11.2. The fourth-order valence-corrected chi connectivity index (χ4v) is 3.96. The highest BCUT2D eigenvalue weighted by Gasteiger charge is 2.47. The van der Waals surface area contributed by atoms with E-state index in [-0.39, 0.29) is 11.3 Å². The molecule has 0 bridgehead atoms. The molecule has 1 aliphatic rings. The number of carbonyl (C=O) groups is 2. The lowest BCUT2D eigenvalue weighted by Crippen LogP contribution is -2.29. The topological polar surface area (TPSA) is 76.1 Å². The number of aryl methyl sites for hydroxylation is 1. The van der Waals surface area contributed by atoms with Gasteiger partial charge in [0, 0.05) is 11.3 Å². The van der Waals surface area contributed by atoms with E-state index >= 15 is 0 Å². The minimum absolute atomic E-state index is 0.0355. The number of nitrogens with zero attached hydrogens (tertiary/aromatic N) is 1. The van der Waals surface area contributed by atoms with Crippen molar-refractivity contribution in [2.45, 2.75) is 13.0 Å². The first-order valence-corrected chi connectivity index (χ1v) is 10.1. The summed E-state index contributed by atoms with van der Waals surface area (Å²) in [5.74, 6) is -0.520. The Balaban J connectivity index is 1.94. The van der Waals surface area contributed by atoms with Crippen LogP contribution in [-0.2, 0) is 9.59 Å². The van der Waals surface area contributed by atoms with Crippen molar-refractivity contribution in [1.29, 1.82) is 0 Å². The van der Waals surface area contributed by atoms with E-state index in [0.29, 0.717) is 22.7 Å². The molecule has 6 nitrogen and oxygen atoms in total. The van der Waals surface area contributed by atoms with Crippen LogP contribution in [0.25, 0.3) is 5.76 Å². The summed E-state index contributed by atoms with van der Waals surface area (Å²) < 4.78 is 10.5. The van der Waals surface area contributed by atoms with Crippen molar-refractivity contribution in [2.24, 2.45) is 0 Å². The van der Waals surface area contributed by atoms with Crippen LogP contribution in [-0.4, -0.2) is 31.0 Å². The summed E-state index contributed by atoms with van der Waals surface area (Å²) >= 11 is 0. The SMILES string of the molecule is COc1ccc(N2C(=O)C(=O)/C(=C(/O)c3cccc(OC)c3)C2c2ccccc2C)cc1. The first-order valence-electron chi connectivity index (χ1n) is 10.1. The molecule has 6 heteroatoms. The van der Waals surface area contributed by atoms with Crippen LogP contribution in [0, 0.1) is 6.92 Å². The van der Waals surface area contributed by atoms with Crippen LogP contribution >= 0.6 is 0 Å². The van der Waals surface area contributed by atoms with E-state index in [2.05, 4.69) is 0 Å². The number of hydrogen-bond acceptors (Lipinski definition) is 5. The van der Waals surface area contributed by atoms with E-state index in [0.717, 1.165) is 11.1 Å². The Kier molecular flexibility index (Phi) is 5.69. The van der Waals surface area contributed by atoms with Crippen LogP contribution in [0.5, 0.6) is 11.5 Å². The molecule has 1 saturated heterocycles. The molecule has 162 valence electrons. The molecule has 1 N–H and O–H groups in total. The number of anilines is 1. The maximum atomic E-state index is 13.2. The van der Waals surface area contributed by atoms with E-state index in [1.807, 2.05) is 31.2 Å². The van der Waals surface area contributed by atoms with E-state index in [1.165, 1.54) is 12.0 Å². The van der Waals surface area contributed by atoms with Crippen LogP contribution < -0.4 is 14.4 Å². The zero-order chi connectivity index (χ0) is 22.8. The van der Waals surface area contributed by atoms with Gasteiger partial charge in [-0.2, -0.15) is 0 Å². The molecule has 3 aromatic carbocycles. The average Bonchev–Trinajstić information content (AvgIpc) is 3.09. The number of hydrogen-bond donors (Lipinski definition) is 1. The fraction of sp³-hybridized carbons (Fsp3) is 0.154. The number of Topliss-reactive ketones (excluding diaryl/α,β-unsaturated/α-hetero) is 1. The molecule has 0 aromatic heterocycles. The van der Waals surface area contributed by atoms with Gasteiger partial charge in [-0.3, -0.25) is 14.5 Å². The van der Waals surface area contributed by atoms with Crippen LogP contribution in [0.15, 0.2) is 78.4 Å². The van der Waals surface area contributed by atoms with E-state index < -0.39 is 17.7 Å². The van der Waals surface area contributed by atoms with E-state index in [9.17, 15) is 14.7 Å². The number of aliphatic hydroxyl groups excluding tert-OH is 1. The smallest absolute Gasteiger partial charge is 0.300 e. The van der Waals surface area contributed by atoms with Gasteiger partial charge >= 0.3 is 0 Å². The second kappa shape index (κ2) is 8.59. The number of ketones is 1. The maximum Gasteiger partial charge on any atom is 0.300 e. The molecule has 1 amide bonds. The molecule has 1 heterocycles. The zero-order valence-electron chi connectivity index (χ0n) is 18.0. The highest BCUT2D eigenvalue weighted by Crippen LogP contribution is 2.43. The summed E-state index contributed by atoms with van der Waals surface area (Å²) in [6.07, 6.45) is 0. The van der Waals surface area contributed by atoms with Crippen molar-refractivity contribution >= 4 is 23.1 Å². The third kappa shape index (κ3) is 3.60. The van der Waals surface area contributed by atoms with Gasteiger partial charge in [0.15, 0.2) is 0 Å². The zero-order valence-corrected chi connectivity index (χ0v) is 18.0. The molecular weight excluding hydrogens is 406 g/mol. The number of benzene rings is 3. The van der Waals surface area contributed by atoms with Gasteiger partial charge in [0.05, 0.1) is 25.8 Å². The summed E-state index contributed by atoms with van der Waals surface area (Å²) in [7, 11) is 3.08. The number of methoxy groups -OCH3 is 2.